The van der Waals surface area contributed by atoms with Gasteiger partial charge in [0.25, 0.3) is 0 Å². The van der Waals surface area contributed by atoms with Crippen LogP contribution in [0.5, 0.6) is 0 Å². The SMILES string of the molecule is C=CCC(NN)c1cc(C)nnc1C. The van der Waals surface area contributed by atoms with Crippen molar-refractivity contribution in [3.05, 3.63) is 35.7 Å². The molecule has 0 spiro atoms. The monoisotopic (exact) mass is 192 g/mol. The van der Waals surface area contributed by atoms with Crippen LogP contribution in [0.2, 0.25) is 0 Å². The molecule has 14 heavy (non-hydrogen) atoms. The first-order chi connectivity index (χ1) is 6.69. The molecule has 3 N–H and O–H groups in total. The molecule has 1 unspecified atom stereocenters. The Hall–Kier alpha value is -1.26. The number of aryl methyl sites for hydroxylation is 2. The van der Waals surface area contributed by atoms with Crippen molar-refractivity contribution in [3.63, 3.8) is 0 Å². The van der Waals surface area contributed by atoms with E-state index in [1.165, 1.54) is 0 Å². The lowest BCUT2D eigenvalue weighted by molar-refractivity contribution is 0.553. The van der Waals surface area contributed by atoms with Crippen molar-refractivity contribution in [2.75, 3.05) is 0 Å². The number of hydrazine groups is 1. The van der Waals surface area contributed by atoms with Gasteiger partial charge in [0, 0.05) is 0 Å². The lowest BCUT2D eigenvalue weighted by Gasteiger charge is -2.15. The van der Waals surface area contributed by atoms with Gasteiger partial charge in [-0.05, 0) is 31.9 Å². The summed E-state index contributed by atoms with van der Waals surface area (Å²) in [7, 11) is 0. The van der Waals surface area contributed by atoms with E-state index >= 15 is 0 Å². The largest absolute Gasteiger partial charge is 0.271 e. The van der Waals surface area contributed by atoms with Crippen LogP contribution >= 0.6 is 0 Å². The number of hydrogen-bond acceptors (Lipinski definition) is 4. The minimum atomic E-state index is 0.0710. The number of nitrogens with one attached hydrogen (secondary N) is 1. The maximum absolute atomic E-state index is 5.46. The third-order valence-corrected chi connectivity index (χ3v) is 2.12. The van der Waals surface area contributed by atoms with E-state index in [2.05, 4.69) is 22.2 Å². The van der Waals surface area contributed by atoms with Crippen molar-refractivity contribution < 1.29 is 0 Å². The zero-order chi connectivity index (χ0) is 10.6. The number of aromatic nitrogens is 2. The summed E-state index contributed by atoms with van der Waals surface area (Å²) in [4.78, 5) is 0. The molecule has 0 radical (unpaired) electrons. The van der Waals surface area contributed by atoms with Gasteiger partial charge in [-0.1, -0.05) is 6.08 Å². The average molecular weight is 192 g/mol. The highest BCUT2D eigenvalue weighted by atomic mass is 15.2. The third kappa shape index (κ3) is 2.37. The van der Waals surface area contributed by atoms with Gasteiger partial charge in [0.15, 0.2) is 0 Å². The Balaban J connectivity index is 3.01. The van der Waals surface area contributed by atoms with Gasteiger partial charge in [-0.2, -0.15) is 10.2 Å². The first-order valence-corrected chi connectivity index (χ1v) is 4.57. The van der Waals surface area contributed by atoms with Crippen LogP contribution in [0, 0.1) is 13.8 Å². The molecule has 1 aromatic rings. The summed E-state index contributed by atoms with van der Waals surface area (Å²) in [6.07, 6.45) is 2.61. The quantitative estimate of drug-likeness (QED) is 0.427. The van der Waals surface area contributed by atoms with Gasteiger partial charge >= 0.3 is 0 Å². The van der Waals surface area contributed by atoms with Gasteiger partial charge in [0.05, 0.1) is 17.4 Å². The molecule has 1 heterocycles. The lowest BCUT2D eigenvalue weighted by Crippen LogP contribution is -2.28. The van der Waals surface area contributed by atoms with E-state index in [1.54, 1.807) is 0 Å². The number of hydrogen-bond donors (Lipinski definition) is 2. The molecular weight excluding hydrogens is 176 g/mol. The van der Waals surface area contributed by atoms with E-state index in [-0.39, 0.29) is 6.04 Å². The van der Waals surface area contributed by atoms with E-state index in [4.69, 9.17) is 5.84 Å². The van der Waals surface area contributed by atoms with Gasteiger partial charge in [-0.15, -0.1) is 6.58 Å². The molecule has 0 saturated carbocycles. The lowest BCUT2D eigenvalue weighted by atomic mass is 10.0. The summed E-state index contributed by atoms with van der Waals surface area (Å²) < 4.78 is 0. The van der Waals surface area contributed by atoms with Crippen LogP contribution in [0.15, 0.2) is 18.7 Å². The Labute approximate surface area is 84.2 Å². The molecule has 4 nitrogen and oxygen atoms in total. The Morgan fingerprint density at radius 1 is 1.57 bits per heavy atom. The first kappa shape index (κ1) is 10.8. The Morgan fingerprint density at radius 2 is 2.29 bits per heavy atom. The second-order valence-corrected chi connectivity index (χ2v) is 3.27. The van der Waals surface area contributed by atoms with E-state index in [9.17, 15) is 0 Å². The van der Waals surface area contributed by atoms with E-state index in [1.807, 2.05) is 26.0 Å². The van der Waals surface area contributed by atoms with E-state index < -0.39 is 0 Å². The van der Waals surface area contributed by atoms with Gasteiger partial charge in [-0.25, -0.2) is 0 Å². The minimum absolute atomic E-state index is 0.0710. The number of nitrogens with zero attached hydrogens (tertiary/aromatic N) is 2. The second kappa shape index (κ2) is 4.83. The topological polar surface area (TPSA) is 63.8 Å². The molecule has 1 aromatic heterocycles. The molecule has 0 aliphatic carbocycles. The minimum Gasteiger partial charge on any atom is -0.271 e. The summed E-state index contributed by atoms with van der Waals surface area (Å²) in [6.45, 7) is 7.53. The molecule has 0 fully saturated rings. The average Bonchev–Trinajstić information content (AvgIpc) is 2.18. The zero-order valence-electron chi connectivity index (χ0n) is 8.62. The van der Waals surface area contributed by atoms with Crippen molar-refractivity contribution in [2.24, 2.45) is 5.84 Å². The van der Waals surface area contributed by atoms with Crippen molar-refractivity contribution in [3.8, 4) is 0 Å². The number of nitrogens with two attached hydrogens (primary N) is 1. The van der Waals surface area contributed by atoms with Crippen molar-refractivity contribution in [1.82, 2.24) is 15.6 Å². The molecule has 76 valence electrons. The molecular formula is C10H16N4. The summed E-state index contributed by atoms with van der Waals surface area (Å²) >= 11 is 0. The predicted octanol–water partition coefficient (Wildman–Crippen LogP) is 1.17. The van der Waals surface area contributed by atoms with Crippen molar-refractivity contribution in [1.29, 1.82) is 0 Å². The van der Waals surface area contributed by atoms with Gasteiger partial charge in [0.1, 0.15) is 0 Å². The summed E-state index contributed by atoms with van der Waals surface area (Å²) in [5, 5.41) is 8.02. The third-order valence-electron chi connectivity index (χ3n) is 2.12. The van der Waals surface area contributed by atoms with E-state index in [0.29, 0.717) is 0 Å². The fourth-order valence-corrected chi connectivity index (χ4v) is 1.37. The molecule has 4 heteroatoms. The number of rotatable bonds is 4. The highest BCUT2D eigenvalue weighted by molar-refractivity contribution is 5.24. The zero-order valence-corrected chi connectivity index (χ0v) is 8.62. The molecule has 0 aromatic carbocycles. The molecule has 0 saturated heterocycles. The summed E-state index contributed by atoms with van der Waals surface area (Å²) in [5.74, 6) is 5.46. The molecule has 1 rings (SSSR count). The Morgan fingerprint density at radius 3 is 2.86 bits per heavy atom. The Kier molecular flexibility index (Phi) is 3.73. The van der Waals surface area contributed by atoms with E-state index in [0.717, 1.165) is 23.4 Å². The Bertz CT molecular complexity index is 322. The van der Waals surface area contributed by atoms with Gasteiger partial charge in [-0.3, -0.25) is 11.3 Å². The highest BCUT2D eigenvalue weighted by Crippen LogP contribution is 2.18. The molecule has 0 amide bonds. The highest BCUT2D eigenvalue weighted by Gasteiger charge is 2.11. The van der Waals surface area contributed by atoms with Crippen LogP contribution < -0.4 is 11.3 Å². The van der Waals surface area contributed by atoms with Gasteiger partial charge in [0.2, 0.25) is 0 Å². The predicted molar refractivity (Wildman–Crippen MR) is 56.4 cm³/mol. The maximum Gasteiger partial charge on any atom is 0.0648 e. The fourth-order valence-electron chi connectivity index (χ4n) is 1.37. The van der Waals surface area contributed by atoms with Crippen LogP contribution in [-0.2, 0) is 0 Å². The normalized spacial score (nSPS) is 12.5. The first-order valence-electron chi connectivity index (χ1n) is 4.57. The smallest absolute Gasteiger partial charge is 0.0648 e. The van der Waals surface area contributed by atoms with Crippen LogP contribution in [0.1, 0.15) is 29.4 Å². The maximum atomic E-state index is 5.46. The standard InChI is InChI=1S/C10H16N4/c1-4-5-10(12-11)9-6-7(2)13-14-8(9)3/h4,6,10,12H,1,5,11H2,2-3H3. The van der Waals surface area contributed by atoms with Crippen LogP contribution in [-0.4, -0.2) is 10.2 Å². The summed E-state index contributed by atoms with van der Waals surface area (Å²) in [5.41, 5.74) is 5.63. The molecule has 0 aliphatic rings. The van der Waals surface area contributed by atoms with Crippen LogP contribution in [0.25, 0.3) is 0 Å². The molecule has 0 bridgehead atoms. The van der Waals surface area contributed by atoms with Crippen LogP contribution in [0.3, 0.4) is 0 Å². The molecule has 1 atom stereocenters. The molecule has 0 aliphatic heterocycles. The van der Waals surface area contributed by atoms with Crippen molar-refractivity contribution >= 4 is 0 Å². The fraction of sp³-hybridized carbons (Fsp3) is 0.400. The second-order valence-electron chi connectivity index (χ2n) is 3.27. The summed E-state index contributed by atoms with van der Waals surface area (Å²) in [6, 6.07) is 2.07. The van der Waals surface area contributed by atoms with Gasteiger partial charge < -0.3 is 0 Å². The van der Waals surface area contributed by atoms with Crippen molar-refractivity contribution in [2.45, 2.75) is 26.3 Å². The van der Waals surface area contributed by atoms with Crippen LogP contribution in [0.4, 0.5) is 0 Å².